The number of rotatable bonds is 6. The van der Waals surface area contributed by atoms with Crippen LogP contribution in [0.15, 0.2) is 42.5 Å². The van der Waals surface area contributed by atoms with Crippen molar-refractivity contribution >= 4 is 30.2 Å². The normalized spacial score (nSPS) is 11.8. The lowest BCUT2D eigenvalue weighted by Gasteiger charge is -2.17. The van der Waals surface area contributed by atoms with E-state index in [0.717, 1.165) is 5.56 Å². The number of hydrogen-bond donors (Lipinski definition) is 3. The van der Waals surface area contributed by atoms with E-state index in [0.29, 0.717) is 23.4 Å². The highest BCUT2D eigenvalue weighted by molar-refractivity contribution is 7.80. The van der Waals surface area contributed by atoms with E-state index < -0.39 is 5.97 Å². The number of carboxylic acids is 1. The average molecular weight is 343 g/mol. The number of carboxylic acid groups (broad SMARTS) is 1. The molecule has 0 radical (unpaired) electrons. The van der Waals surface area contributed by atoms with Crippen molar-refractivity contribution in [2.24, 2.45) is 5.92 Å². The van der Waals surface area contributed by atoms with Crippen molar-refractivity contribution in [1.29, 1.82) is 0 Å². The Kier molecular flexibility index (Phi) is 6.04. The highest BCUT2D eigenvalue weighted by Gasteiger charge is 2.19. The Balaban J connectivity index is 2.13. The third kappa shape index (κ3) is 4.38. The first kappa shape index (κ1) is 18.1. The van der Waals surface area contributed by atoms with E-state index in [-0.39, 0.29) is 17.4 Å². The van der Waals surface area contributed by atoms with Gasteiger partial charge in [0, 0.05) is 11.4 Å². The van der Waals surface area contributed by atoms with Crippen LogP contribution < -0.4 is 5.32 Å². The number of anilines is 1. The molecule has 1 atom stereocenters. The van der Waals surface area contributed by atoms with Crippen LogP contribution in [0.1, 0.15) is 27.0 Å². The van der Waals surface area contributed by atoms with Crippen molar-refractivity contribution < 1.29 is 14.7 Å². The Morgan fingerprint density at radius 3 is 2.38 bits per heavy atom. The lowest BCUT2D eigenvalue weighted by Crippen LogP contribution is -2.26. The molecule has 2 aromatic carbocycles. The first-order chi connectivity index (χ1) is 11.4. The number of benzene rings is 2. The van der Waals surface area contributed by atoms with Crippen LogP contribution in [0.4, 0.5) is 5.69 Å². The average Bonchev–Trinajstić information content (AvgIpc) is 2.55. The van der Waals surface area contributed by atoms with E-state index in [2.05, 4.69) is 17.9 Å². The minimum atomic E-state index is -1.01. The van der Waals surface area contributed by atoms with Crippen LogP contribution in [0.3, 0.4) is 0 Å². The number of hydrogen-bond acceptors (Lipinski definition) is 3. The maximum absolute atomic E-state index is 12.5. The number of aromatic carboxylic acids is 1. The maximum atomic E-state index is 12.5. The molecule has 0 saturated carbocycles. The molecule has 0 fully saturated rings. The summed E-state index contributed by atoms with van der Waals surface area (Å²) < 4.78 is 0. The first-order valence-electron chi connectivity index (χ1n) is 7.72. The van der Waals surface area contributed by atoms with Crippen molar-refractivity contribution in [3.8, 4) is 0 Å². The van der Waals surface area contributed by atoms with Gasteiger partial charge in [0.05, 0.1) is 11.5 Å². The van der Waals surface area contributed by atoms with E-state index in [1.807, 2.05) is 31.2 Å². The van der Waals surface area contributed by atoms with Crippen LogP contribution in [0, 0.1) is 19.8 Å². The molecule has 1 unspecified atom stereocenters. The number of nitrogens with one attached hydrogen (secondary N) is 1. The van der Waals surface area contributed by atoms with E-state index in [1.165, 1.54) is 11.6 Å². The van der Waals surface area contributed by atoms with Crippen molar-refractivity contribution in [1.82, 2.24) is 0 Å². The number of aryl methyl sites for hydroxylation is 1. The Morgan fingerprint density at radius 1 is 1.12 bits per heavy atom. The molecule has 2 rings (SSSR count). The zero-order valence-electron chi connectivity index (χ0n) is 13.7. The second-order valence-electron chi connectivity index (χ2n) is 5.84. The molecule has 0 heterocycles. The SMILES string of the molecule is Cc1ccc(CC(CS)C(=O)Nc2cccc(C(=O)O)c2C)cc1. The summed E-state index contributed by atoms with van der Waals surface area (Å²) in [5.74, 6) is -1.04. The predicted octanol–water partition coefficient (Wildman–Crippen LogP) is 3.73. The quantitative estimate of drug-likeness (QED) is 0.700. The van der Waals surface area contributed by atoms with Gasteiger partial charge in [-0.3, -0.25) is 4.79 Å². The second kappa shape index (κ2) is 8.02. The van der Waals surface area contributed by atoms with Gasteiger partial charge >= 0.3 is 5.97 Å². The fourth-order valence-electron chi connectivity index (χ4n) is 2.49. The Labute approximate surface area is 147 Å². The molecule has 126 valence electrons. The molecular weight excluding hydrogens is 322 g/mol. The molecule has 0 spiro atoms. The smallest absolute Gasteiger partial charge is 0.336 e. The molecule has 0 bridgehead atoms. The van der Waals surface area contributed by atoms with Gasteiger partial charge in [0.1, 0.15) is 0 Å². The lowest BCUT2D eigenvalue weighted by atomic mass is 9.98. The maximum Gasteiger partial charge on any atom is 0.336 e. The van der Waals surface area contributed by atoms with Crippen LogP contribution in [0.2, 0.25) is 0 Å². The molecule has 4 nitrogen and oxygen atoms in total. The number of carbonyl (C=O) groups is 2. The molecule has 0 aliphatic rings. The Hall–Kier alpha value is -2.27. The monoisotopic (exact) mass is 343 g/mol. The van der Waals surface area contributed by atoms with Crippen molar-refractivity contribution in [3.63, 3.8) is 0 Å². The third-order valence-corrected chi connectivity index (χ3v) is 4.46. The fourth-order valence-corrected chi connectivity index (χ4v) is 2.78. The molecule has 2 aromatic rings. The summed E-state index contributed by atoms with van der Waals surface area (Å²) in [5.41, 5.74) is 3.51. The standard InChI is InChI=1S/C19H21NO3S/c1-12-6-8-14(9-7-12)10-15(11-24)18(21)20-17-5-3-4-16(13(17)2)19(22)23/h3-9,15,24H,10-11H2,1-2H3,(H,20,21)(H,22,23). The number of thiol groups is 1. The van der Waals surface area contributed by atoms with E-state index in [1.54, 1.807) is 19.1 Å². The molecule has 24 heavy (non-hydrogen) atoms. The highest BCUT2D eigenvalue weighted by Crippen LogP contribution is 2.21. The Morgan fingerprint density at radius 2 is 1.79 bits per heavy atom. The summed E-state index contributed by atoms with van der Waals surface area (Å²) in [6.07, 6.45) is 0.591. The van der Waals surface area contributed by atoms with Crippen LogP contribution in [-0.4, -0.2) is 22.7 Å². The predicted molar refractivity (Wildman–Crippen MR) is 99.0 cm³/mol. The van der Waals surface area contributed by atoms with Gasteiger partial charge < -0.3 is 10.4 Å². The molecule has 0 aliphatic heterocycles. The van der Waals surface area contributed by atoms with Gasteiger partial charge in [-0.25, -0.2) is 4.79 Å². The van der Waals surface area contributed by atoms with Crippen molar-refractivity contribution in [3.05, 3.63) is 64.7 Å². The zero-order valence-corrected chi connectivity index (χ0v) is 14.6. The zero-order chi connectivity index (χ0) is 17.7. The highest BCUT2D eigenvalue weighted by atomic mass is 32.1. The summed E-state index contributed by atoms with van der Waals surface area (Å²) in [5, 5.41) is 12.0. The van der Waals surface area contributed by atoms with Gasteiger partial charge in [-0.1, -0.05) is 35.9 Å². The van der Waals surface area contributed by atoms with Crippen LogP contribution in [0.25, 0.3) is 0 Å². The molecule has 2 N–H and O–H groups in total. The molecule has 0 aliphatic carbocycles. The summed E-state index contributed by atoms with van der Waals surface area (Å²) in [7, 11) is 0. The minimum Gasteiger partial charge on any atom is -0.478 e. The number of carbonyl (C=O) groups excluding carboxylic acids is 1. The minimum absolute atomic E-state index is 0.156. The molecule has 0 saturated heterocycles. The summed E-state index contributed by atoms with van der Waals surface area (Å²) in [6.45, 7) is 3.71. The van der Waals surface area contributed by atoms with Gasteiger partial charge in [0.15, 0.2) is 0 Å². The molecule has 0 aromatic heterocycles. The fraction of sp³-hybridized carbons (Fsp3) is 0.263. The molecule has 5 heteroatoms. The van der Waals surface area contributed by atoms with Gasteiger partial charge in [0.25, 0.3) is 0 Å². The van der Waals surface area contributed by atoms with Gasteiger partial charge in [-0.15, -0.1) is 0 Å². The van der Waals surface area contributed by atoms with Crippen LogP contribution in [-0.2, 0) is 11.2 Å². The van der Waals surface area contributed by atoms with Crippen molar-refractivity contribution in [2.75, 3.05) is 11.1 Å². The van der Waals surface area contributed by atoms with Gasteiger partial charge in [0.2, 0.25) is 5.91 Å². The lowest BCUT2D eigenvalue weighted by molar-refractivity contribution is -0.119. The summed E-state index contributed by atoms with van der Waals surface area (Å²) in [4.78, 5) is 23.7. The molecule has 1 amide bonds. The van der Waals surface area contributed by atoms with Crippen molar-refractivity contribution in [2.45, 2.75) is 20.3 Å². The summed E-state index contributed by atoms with van der Waals surface area (Å²) >= 11 is 4.30. The topological polar surface area (TPSA) is 66.4 Å². The third-order valence-electron chi connectivity index (χ3n) is 4.02. The van der Waals surface area contributed by atoms with E-state index in [4.69, 9.17) is 0 Å². The van der Waals surface area contributed by atoms with Crippen LogP contribution in [0.5, 0.6) is 0 Å². The van der Waals surface area contributed by atoms with E-state index >= 15 is 0 Å². The summed E-state index contributed by atoms with van der Waals surface area (Å²) in [6, 6.07) is 12.9. The molecular formula is C19H21NO3S. The van der Waals surface area contributed by atoms with Gasteiger partial charge in [-0.05, 0) is 43.5 Å². The van der Waals surface area contributed by atoms with E-state index in [9.17, 15) is 14.7 Å². The van der Waals surface area contributed by atoms with Gasteiger partial charge in [-0.2, -0.15) is 12.6 Å². The van der Waals surface area contributed by atoms with Crippen LogP contribution >= 0.6 is 12.6 Å². The largest absolute Gasteiger partial charge is 0.478 e. The second-order valence-corrected chi connectivity index (χ2v) is 6.21. The number of amides is 1. The first-order valence-corrected chi connectivity index (χ1v) is 8.35. The Bertz CT molecular complexity index is 741.